The summed E-state index contributed by atoms with van der Waals surface area (Å²) >= 11 is 5.18. The lowest BCUT2D eigenvalue weighted by molar-refractivity contribution is 0.416. The predicted octanol–water partition coefficient (Wildman–Crippen LogP) is 5.37. The third-order valence-corrected chi connectivity index (χ3v) is 5.07. The van der Waals surface area contributed by atoms with E-state index in [1.54, 1.807) is 11.3 Å². The average Bonchev–Trinajstić information content (AvgIpc) is 3.04. The van der Waals surface area contributed by atoms with Crippen LogP contribution in [0.15, 0.2) is 38.5 Å². The lowest BCUT2D eigenvalue weighted by Gasteiger charge is -2.16. The van der Waals surface area contributed by atoms with Gasteiger partial charge in [0.1, 0.15) is 16.4 Å². The molecule has 0 radical (unpaired) electrons. The molecule has 1 aromatic carbocycles. The van der Waals surface area contributed by atoms with E-state index in [0.717, 1.165) is 31.9 Å². The standard InChI is InChI=1S/C16H17BrN2OS/c1-9-8-21-16(18-9)11(3)19-10(2)15-7-12-6-13(17)4-5-14(12)20-15/h4-8,10-11,19H,1-3H3. The molecule has 0 saturated heterocycles. The number of nitrogens with one attached hydrogen (secondary N) is 1. The number of halogens is 1. The van der Waals surface area contributed by atoms with Gasteiger partial charge >= 0.3 is 0 Å². The van der Waals surface area contributed by atoms with Crippen LogP contribution in [0.1, 0.15) is 42.4 Å². The predicted molar refractivity (Wildman–Crippen MR) is 90.7 cm³/mol. The topological polar surface area (TPSA) is 38.1 Å². The van der Waals surface area contributed by atoms with E-state index in [4.69, 9.17) is 4.42 Å². The molecule has 0 bridgehead atoms. The Kier molecular flexibility index (Phi) is 4.15. The minimum atomic E-state index is 0.135. The molecule has 2 unspecified atom stereocenters. The second kappa shape index (κ2) is 5.91. The summed E-state index contributed by atoms with van der Waals surface area (Å²) in [6, 6.07) is 8.49. The maximum absolute atomic E-state index is 5.93. The van der Waals surface area contributed by atoms with Gasteiger partial charge in [0.15, 0.2) is 0 Å². The molecular formula is C16H17BrN2OS. The Labute approximate surface area is 136 Å². The van der Waals surface area contributed by atoms with Crippen molar-refractivity contribution in [1.82, 2.24) is 10.3 Å². The normalized spacial score (nSPS) is 14.5. The summed E-state index contributed by atoms with van der Waals surface area (Å²) in [5.41, 5.74) is 1.99. The number of hydrogen-bond donors (Lipinski definition) is 1. The Morgan fingerprint density at radius 3 is 2.76 bits per heavy atom. The molecule has 3 rings (SSSR count). The molecule has 0 amide bonds. The average molecular weight is 365 g/mol. The van der Waals surface area contributed by atoms with Crippen LogP contribution in [0.4, 0.5) is 0 Å². The van der Waals surface area contributed by atoms with Gasteiger partial charge in [-0.2, -0.15) is 0 Å². The van der Waals surface area contributed by atoms with Crippen molar-refractivity contribution in [3.8, 4) is 0 Å². The van der Waals surface area contributed by atoms with Crippen LogP contribution >= 0.6 is 27.3 Å². The second-order valence-electron chi connectivity index (χ2n) is 5.27. The van der Waals surface area contributed by atoms with Crippen molar-refractivity contribution in [2.75, 3.05) is 0 Å². The first-order valence-electron chi connectivity index (χ1n) is 6.90. The monoisotopic (exact) mass is 364 g/mol. The van der Waals surface area contributed by atoms with E-state index in [0.29, 0.717) is 0 Å². The van der Waals surface area contributed by atoms with E-state index in [1.807, 2.05) is 19.1 Å². The number of hydrogen-bond acceptors (Lipinski definition) is 4. The lowest BCUT2D eigenvalue weighted by Crippen LogP contribution is -2.22. The molecule has 3 nitrogen and oxygen atoms in total. The first kappa shape index (κ1) is 14.8. The Morgan fingerprint density at radius 2 is 2.05 bits per heavy atom. The zero-order valence-corrected chi connectivity index (χ0v) is 14.6. The van der Waals surface area contributed by atoms with E-state index in [2.05, 4.69) is 57.6 Å². The molecule has 5 heteroatoms. The van der Waals surface area contributed by atoms with Crippen molar-refractivity contribution in [2.45, 2.75) is 32.9 Å². The molecule has 0 saturated carbocycles. The summed E-state index contributed by atoms with van der Waals surface area (Å²) in [6.07, 6.45) is 0. The fourth-order valence-electron chi connectivity index (χ4n) is 2.35. The Hall–Kier alpha value is -1.17. The first-order valence-corrected chi connectivity index (χ1v) is 8.57. The molecule has 0 aliphatic heterocycles. The molecule has 0 fully saturated rings. The van der Waals surface area contributed by atoms with Gasteiger partial charge in [-0.3, -0.25) is 5.32 Å². The highest BCUT2D eigenvalue weighted by Crippen LogP contribution is 2.28. The van der Waals surface area contributed by atoms with Crippen LogP contribution in [0.25, 0.3) is 11.0 Å². The third kappa shape index (κ3) is 3.20. The van der Waals surface area contributed by atoms with Gasteiger partial charge in [-0.1, -0.05) is 15.9 Å². The number of fused-ring (bicyclic) bond motifs is 1. The largest absolute Gasteiger partial charge is 0.459 e. The fraction of sp³-hybridized carbons (Fsp3) is 0.312. The summed E-state index contributed by atoms with van der Waals surface area (Å²) in [5, 5.41) is 7.85. The number of rotatable bonds is 4. The van der Waals surface area contributed by atoms with Gasteiger partial charge in [-0.15, -0.1) is 11.3 Å². The van der Waals surface area contributed by atoms with E-state index in [-0.39, 0.29) is 12.1 Å². The van der Waals surface area contributed by atoms with Crippen molar-refractivity contribution in [1.29, 1.82) is 0 Å². The van der Waals surface area contributed by atoms with Gasteiger partial charge in [-0.25, -0.2) is 4.98 Å². The highest BCUT2D eigenvalue weighted by atomic mass is 79.9. The van der Waals surface area contributed by atoms with Crippen molar-refractivity contribution in [3.05, 3.63) is 50.6 Å². The quantitative estimate of drug-likeness (QED) is 0.675. The number of thiazole rings is 1. The molecule has 21 heavy (non-hydrogen) atoms. The van der Waals surface area contributed by atoms with Crippen LogP contribution in [0.2, 0.25) is 0 Å². The molecule has 110 valence electrons. The van der Waals surface area contributed by atoms with Crippen LogP contribution < -0.4 is 5.32 Å². The molecule has 1 N–H and O–H groups in total. The highest BCUT2D eigenvalue weighted by molar-refractivity contribution is 9.10. The zero-order valence-electron chi connectivity index (χ0n) is 12.2. The number of aromatic nitrogens is 1. The van der Waals surface area contributed by atoms with Gasteiger partial charge in [0.05, 0.1) is 12.1 Å². The van der Waals surface area contributed by atoms with Gasteiger partial charge in [0.2, 0.25) is 0 Å². The molecule has 0 aliphatic rings. The summed E-state index contributed by atoms with van der Waals surface area (Å²) in [7, 11) is 0. The number of benzene rings is 1. The maximum Gasteiger partial charge on any atom is 0.134 e. The summed E-state index contributed by atoms with van der Waals surface area (Å²) in [6.45, 7) is 6.27. The van der Waals surface area contributed by atoms with E-state index in [9.17, 15) is 0 Å². The molecule has 0 aliphatic carbocycles. The molecule has 2 aromatic heterocycles. The SMILES string of the molecule is Cc1csc(C(C)NC(C)c2cc3cc(Br)ccc3o2)n1. The van der Waals surface area contributed by atoms with Gasteiger partial charge < -0.3 is 4.42 Å². The second-order valence-corrected chi connectivity index (χ2v) is 7.07. The van der Waals surface area contributed by atoms with E-state index >= 15 is 0 Å². The fourth-order valence-corrected chi connectivity index (χ4v) is 3.54. The van der Waals surface area contributed by atoms with Gasteiger partial charge in [0, 0.05) is 20.9 Å². The van der Waals surface area contributed by atoms with Crippen LogP contribution in [0.3, 0.4) is 0 Å². The Bertz CT molecular complexity index is 765. The molecule has 2 heterocycles. The van der Waals surface area contributed by atoms with Crippen molar-refractivity contribution >= 4 is 38.2 Å². The highest BCUT2D eigenvalue weighted by Gasteiger charge is 2.16. The zero-order chi connectivity index (χ0) is 15.0. The lowest BCUT2D eigenvalue weighted by atomic mass is 10.2. The number of furan rings is 1. The van der Waals surface area contributed by atoms with Gasteiger partial charge in [0.25, 0.3) is 0 Å². The smallest absolute Gasteiger partial charge is 0.134 e. The Morgan fingerprint density at radius 1 is 1.24 bits per heavy atom. The minimum Gasteiger partial charge on any atom is -0.459 e. The van der Waals surface area contributed by atoms with Gasteiger partial charge in [-0.05, 0) is 45.0 Å². The molecule has 0 spiro atoms. The van der Waals surface area contributed by atoms with Crippen LogP contribution in [0, 0.1) is 6.92 Å². The number of nitrogens with zero attached hydrogens (tertiary/aromatic N) is 1. The van der Waals surface area contributed by atoms with E-state index in [1.165, 1.54) is 0 Å². The maximum atomic E-state index is 5.93. The van der Waals surface area contributed by atoms with E-state index < -0.39 is 0 Å². The number of aryl methyl sites for hydroxylation is 1. The third-order valence-electron chi connectivity index (χ3n) is 3.43. The summed E-state index contributed by atoms with van der Waals surface area (Å²) < 4.78 is 6.99. The first-order chi connectivity index (χ1) is 10.0. The van der Waals surface area contributed by atoms with Crippen molar-refractivity contribution in [2.24, 2.45) is 0 Å². The van der Waals surface area contributed by atoms with Crippen LogP contribution in [-0.2, 0) is 0 Å². The molecular weight excluding hydrogens is 348 g/mol. The van der Waals surface area contributed by atoms with Crippen LogP contribution in [-0.4, -0.2) is 4.98 Å². The summed E-state index contributed by atoms with van der Waals surface area (Å²) in [5.74, 6) is 0.947. The van der Waals surface area contributed by atoms with Crippen molar-refractivity contribution < 1.29 is 4.42 Å². The van der Waals surface area contributed by atoms with Crippen LogP contribution in [0.5, 0.6) is 0 Å². The minimum absolute atomic E-state index is 0.135. The molecule has 2 atom stereocenters. The molecule has 3 aromatic rings. The van der Waals surface area contributed by atoms with Crippen molar-refractivity contribution in [3.63, 3.8) is 0 Å². The Balaban J connectivity index is 1.78. The summed E-state index contributed by atoms with van der Waals surface area (Å²) in [4.78, 5) is 4.53.